The smallest absolute Gasteiger partial charge is 0.228 e. The highest BCUT2D eigenvalue weighted by molar-refractivity contribution is 5.78. The lowest BCUT2D eigenvalue weighted by Crippen LogP contribution is -2.34. The average molecular weight is 258 g/mol. The third kappa shape index (κ3) is 3.91. The molecule has 5 nitrogen and oxygen atoms in total. The third-order valence-electron chi connectivity index (χ3n) is 3.05. The molecule has 2 rings (SSSR count). The fraction of sp³-hybridized carbons (Fsp3) is 0.357. The summed E-state index contributed by atoms with van der Waals surface area (Å²) in [5.41, 5.74) is 2.05. The van der Waals surface area contributed by atoms with Crippen molar-refractivity contribution in [2.45, 2.75) is 19.8 Å². The summed E-state index contributed by atoms with van der Waals surface area (Å²) in [7, 11) is 0. The van der Waals surface area contributed by atoms with E-state index in [2.05, 4.69) is 15.2 Å². The Bertz CT molecular complexity index is 495. The first kappa shape index (κ1) is 13.3. The van der Waals surface area contributed by atoms with Gasteiger partial charge >= 0.3 is 0 Å². The topological polar surface area (TPSA) is 61.9 Å². The molecule has 1 N–H and O–H groups in total. The van der Waals surface area contributed by atoms with Crippen molar-refractivity contribution >= 4 is 5.91 Å². The first-order valence-corrected chi connectivity index (χ1v) is 6.44. The van der Waals surface area contributed by atoms with Crippen molar-refractivity contribution in [3.05, 3.63) is 48.0 Å². The Hall–Kier alpha value is -2.17. The first-order chi connectivity index (χ1) is 9.29. The lowest BCUT2D eigenvalue weighted by Gasteiger charge is -2.20. The Morgan fingerprint density at radius 1 is 1.26 bits per heavy atom. The molecule has 2 heterocycles. The highest BCUT2D eigenvalue weighted by atomic mass is 16.2. The molecule has 0 atom stereocenters. The lowest BCUT2D eigenvalue weighted by molar-refractivity contribution is -0.130. The molecule has 100 valence electrons. The largest absolute Gasteiger partial charge is 0.342 e. The van der Waals surface area contributed by atoms with Gasteiger partial charge in [-0.15, -0.1) is 0 Å². The van der Waals surface area contributed by atoms with Gasteiger partial charge in [0.1, 0.15) is 0 Å². The molecule has 0 bridgehead atoms. The van der Waals surface area contributed by atoms with Crippen molar-refractivity contribution in [3.63, 3.8) is 0 Å². The van der Waals surface area contributed by atoms with E-state index in [4.69, 9.17) is 0 Å². The van der Waals surface area contributed by atoms with Crippen LogP contribution < -0.4 is 0 Å². The van der Waals surface area contributed by atoms with Gasteiger partial charge < -0.3 is 4.90 Å². The molecule has 2 aromatic rings. The van der Waals surface area contributed by atoms with Gasteiger partial charge in [0.25, 0.3) is 0 Å². The zero-order valence-electron chi connectivity index (χ0n) is 11.0. The van der Waals surface area contributed by atoms with Crippen LogP contribution in [0.1, 0.15) is 18.2 Å². The Labute approximate surface area is 112 Å². The fourth-order valence-corrected chi connectivity index (χ4v) is 1.93. The van der Waals surface area contributed by atoms with Crippen molar-refractivity contribution in [1.82, 2.24) is 20.1 Å². The number of aromatic nitrogens is 3. The molecule has 0 aromatic carbocycles. The molecule has 0 spiro atoms. The van der Waals surface area contributed by atoms with Gasteiger partial charge in [-0.3, -0.25) is 14.9 Å². The van der Waals surface area contributed by atoms with E-state index in [1.54, 1.807) is 18.6 Å². The van der Waals surface area contributed by atoms with E-state index in [9.17, 15) is 4.79 Å². The van der Waals surface area contributed by atoms with E-state index in [-0.39, 0.29) is 5.91 Å². The van der Waals surface area contributed by atoms with E-state index >= 15 is 0 Å². The molecule has 0 radical (unpaired) electrons. The number of pyridine rings is 1. The summed E-state index contributed by atoms with van der Waals surface area (Å²) in [4.78, 5) is 18.0. The van der Waals surface area contributed by atoms with Gasteiger partial charge in [-0.05, 0) is 37.1 Å². The number of hydrogen-bond acceptors (Lipinski definition) is 3. The molecule has 0 aliphatic carbocycles. The van der Waals surface area contributed by atoms with Crippen LogP contribution >= 0.6 is 0 Å². The summed E-state index contributed by atoms with van der Waals surface area (Å²) in [6.45, 7) is 3.45. The Morgan fingerprint density at radius 3 is 2.68 bits per heavy atom. The van der Waals surface area contributed by atoms with Crippen molar-refractivity contribution in [2.75, 3.05) is 13.1 Å². The predicted octanol–water partition coefficient (Wildman–Crippen LogP) is 1.44. The van der Waals surface area contributed by atoms with Crippen LogP contribution in [0.15, 0.2) is 36.8 Å². The van der Waals surface area contributed by atoms with Gasteiger partial charge in [-0.1, -0.05) is 0 Å². The number of nitrogens with one attached hydrogen (secondary N) is 1. The zero-order valence-corrected chi connectivity index (χ0v) is 11.0. The van der Waals surface area contributed by atoms with Gasteiger partial charge in [0.2, 0.25) is 5.91 Å². The SMILES string of the molecule is CCN(CCc1ccncc1)C(=O)Cc1ccn[nH]1. The van der Waals surface area contributed by atoms with E-state index in [1.807, 2.05) is 30.0 Å². The zero-order chi connectivity index (χ0) is 13.5. The summed E-state index contributed by atoms with van der Waals surface area (Å²) < 4.78 is 0. The standard InChI is InChI=1S/C14H18N4O/c1-2-18(10-6-12-3-7-15-8-4-12)14(19)11-13-5-9-16-17-13/h3-5,7-9H,2,6,10-11H2,1H3,(H,16,17). The van der Waals surface area contributed by atoms with Crippen molar-refractivity contribution in [1.29, 1.82) is 0 Å². The number of nitrogens with zero attached hydrogens (tertiary/aromatic N) is 3. The fourth-order valence-electron chi connectivity index (χ4n) is 1.93. The third-order valence-corrected chi connectivity index (χ3v) is 3.05. The molecule has 0 saturated carbocycles. The molecule has 0 fully saturated rings. The Kier molecular flexibility index (Phi) is 4.66. The monoisotopic (exact) mass is 258 g/mol. The maximum Gasteiger partial charge on any atom is 0.228 e. The minimum absolute atomic E-state index is 0.126. The summed E-state index contributed by atoms with van der Waals surface area (Å²) >= 11 is 0. The molecular weight excluding hydrogens is 240 g/mol. The summed E-state index contributed by atoms with van der Waals surface area (Å²) in [5, 5.41) is 6.67. The van der Waals surface area contributed by atoms with E-state index in [0.717, 1.165) is 25.2 Å². The normalized spacial score (nSPS) is 10.4. The van der Waals surface area contributed by atoms with Crippen LogP contribution in [0.5, 0.6) is 0 Å². The van der Waals surface area contributed by atoms with E-state index in [0.29, 0.717) is 6.42 Å². The summed E-state index contributed by atoms with van der Waals surface area (Å²) in [5.74, 6) is 0.126. The van der Waals surface area contributed by atoms with Crippen LogP contribution in [-0.2, 0) is 17.6 Å². The lowest BCUT2D eigenvalue weighted by atomic mass is 10.2. The number of amides is 1. The molecule has 0 aliphatic rings. The van der Waals surface area contributed by atoms with E-state index in [1.165, 1.54) is 5.56 Å². The first-order valence-electron chi connectivity index (χ1n) is 6.44. The van der Waals surface area contributed by atoms with Crippen molar-refractivity contribution in [3.8, 4) is 0 Å². The second-order valence-electron chi connectivity index (χ2n) is 4.34. The van der Waals surface area contributed by atoms with Gasteiger partial charge in [0, 0.05) is 37.4 Å². The van der Waals surface area contributed by atoms with Crippen LogP contribution in [0.2, 0.25) is 0 Å². The number of H-pyrrole nitrogens is 1. The van der Waals surface area contributed by atoms with Crippen LogP contribution in [-0.4, -0.2) is 39.1 Å². The maximum atomic E-state index is 12.1. The van der Waals surface area contributed by atoms with Gasteiger partial charge in [0.15, 0.2) is 0 Å². The second kappa shape index (κ2) is 6.68. The van der Waals surface area contributed by atoms with Crippen molar-refractivity contribution in [2.24, 2.45) is 0 Å². The number of carbonyl (C=O) groups excluding carboxylic acids is 1. The van der Waals surface area contributed by atoms with Crippen LogP contribution in [0.4, 0.5) is 0 Å². The average Bonchev–Trinajstić information content (AvgIpc) is 2.93. The molecule has 5 heteroatoms. The number of likely N-dealkylation sites (N-methyl/N-ethyl adjacent to an activating group) is 1. The van der Waals surface area contributed by atoms with Gasteiger partial charge in [0.05, 0.1) is 6.42 Å². The highest BCUT2D eigenvalue weighted by Crippen LogP contribution is 2.03. The highest BCUT2D eigenvalue weighted by Gasteiger charge is 2.12. The number of rotatable bonds is 6. The Morgan fingerprint density at radius 2 is 2.05 bits per heavy atom. The maximum absolute atomic E-state index is 12.1. The molecule has 0 saturated heterocycles. The number of hydrogen-bond donors (Lipinski definition) is 1. The second-order valence-corrected chi connectivity index (χ2v) is 4.34. The van der Waals surface area contributed by atoms with Gasteiger partial charge in [-0.25, -0.2) is 0 Å². The minimum atomic E-state index is 0.126. The Balaban J connectivity index is 1.87. The quantitative estimate of drug-likeness (QED) is 0.852. The number of carbonyl (C=O) groups is 1. The summed E-state index contributed by atoms with van der Waals surface area (Å²) in [6.07, 6.45) is 6.45. The van der Waals surface area contributed by atoms with Crippen LogP contribution in [0.3, 0.4) is 0 Å². The molecule has 0 unspecified atom stereocenters. The molecule has 19 heavy (non-hydrogen) atoms. The molecular formula is C14H18N4O. The van der Waals surface area contributed by atoms with E-state index < -0.39 is 0 Å². The van der Waals surface area contributed by atoms with Crippen LogP contribution in [0, 0.1) is 0 Å². The van der Waals surface area contributed by atoms with Crippen molar-refractivity contribution < 1.29 is 4.79 Å². The van der Waals surface area contributed by atoms with Crippen LogP contribution in [0.25, 0.3) is 0 Å². The number of aromatic amines is 1. The summed E-state index contributed by atoms with van der Waals surface area (Å²) in [6, 6.07) is 5.79. The molecule has 0 aliphatic heterocycles. The predicted molar refractivity (Wildman–Crippen MR) is 72.5 cm³/mol. The van der Waals surface area contributed by atoms with Gasteiger partial charge in [-0.2, -0.15) is 5.10 Å². The molecule has 2 aromatic heterocycles. The molecule has 1 amide bonds. The minimum Gasteiger partial charge on any atom is -0.342 e.